The molecule has 2 amide bonds. The molecule has 0 saturated carbocycles. The van der Waals surface area contributed by atoms with Gasteiger partial charge in [-0.15, -0.1) is 11.8 Å². The highest BCUT2D eigenvalue weighted by atomic mass is 35.5. The summed E-state index contributed by atoms with van der Waals surface area (Å²) in [5, 5.41) is 6.39. The maximum atomic E-state index is 12.6. The Balaban J connectivity index is 1.58. The number of carbonyl (C=O) groups is 2. The van der Waals surface area contributed by atoms with Crippen molar-refractivity contribution in [1.82, 2.24) is 5.32 Å². The second-order valence-corrected chi connectivity index (χ2v) is 7.83. The van der Waals surface area contributed by atoms with Gasteiger partial charge < -0.3 is 15.4 Å². The summed E-state index contributed by atoms with van der Waals surface area (Å²) in [7, 11) is 1.58. The van der Waals surface area contributed by atoms with E-state index in [0.29, 0.717) is 28.6 Å². The maximum Gasteiger partial charge on any atom is 0.252 e. The van der Waals surface area contributed by atoms with Crippen LogP contribution in [0.3, 0.4) is 0 Å². The summed E-state index contributed by atoms with van der Waals surface area (Å²) in [5.74, 6) is 0.493. The Morgan fingerprint density at radius 2 is 1.77 bits per heavy atom. The average Bonchev–Trinajstić information content (AvgIpc) is 2.77. The van der Waals surface area contributed by atoms with E-state index in [-0.39, 0.29) is 17.6 Å². The molecule has 0 unspecified atom stereocenters. The predicted molar refractivity (Wildman–Crippen MR) is 121 cm³/mol. The van der Waals surface area contributed by atoms with Crippen LogP contribution in [0.4, 0.5) is 5.69 Å². The zero-order valence-electron chi connectivity index (χ0n) is 16.4. The first-order valence-corrected chi connectivity index (χ1v) is 10.6. The molecule has 0 spiro atoms. The highest BCUT2D eigenvalue weighted by Crippen LogP contribution is 2.24. The van der Waals surface area contributed by atoms with E-state index in [2.05, 4.69) is 10.6 Å². The molecule has 0 aliphatic carbocycles. The number of hydrogen-bond donors (Lipinski definition) is 2. The highest BCUT2D eigenvalue weighted by Gasteiger charge is 2.13. The molecular weight excluding hydrogens is 420 g/mol. The van der Waals surface area contributed by atoms with E-state index in [1.807, 2.05) is 36.4 Å². The van der Waals surface area contributed by atoms with Crippen molar-refractivity contribution in [2.45, 2.75) is 11.4 Å². The average molecular weight is 441 g/mol. The van der Waals surface area contributed by atoms with Crippen LogP contribution in [0.2, 0.25) is 5.02 Å². The van der Waals surface area contributed by atoms with Gasteiger partial charge in [0.1, 0.15) is 5.75 Å². The van der Waals surface area contributed by atoms with Crippen LogP contribution in [0, 0.1) is 0 Å². The number of thioether (sulfide) groups is 1. The fourth-order valence-corrected chi connectivity index (χ4v) is 3.68. The Labute approximate surface area is 184 Å². The number of ether oxygens (including phenoxy) is 1. The largest absolute Gasteiger partial charge is 0.497 e. The van der Waals surface area contributed by atoms with Crippen LogP contribution in [-0.4, -0.2) is 24.7 Å². The molecule has 3 aromatic carbocycles. The number of nitrogens with one attached hydrogen (secondary N) is 2. The minimum atomic E-state index is -0.193. The van der Waals surface area contributed by atoms with Crippen LogP contribution in [0.15, 0.2) is 77.7 Å². The second kappa shape index (κ2) is 10.7. The van der Waals surface area contributed by atoms with Gasteiger partial charge in [0.15, 0.2) is 0 Å². The molecule has 0 aromatic heterocycles. The third kappa shape index (κ3) is 6.27. The standard InChI is InChI=1S/C23H21ClN2O3S/c1-29-19-6-4-5-18(13-19)26-22(27)15-30-21-8-3-2-7-20(21)23(28)25-14-16-9-11-17(24)12-10-16/h2-13H,14-15H2,1H3,(H,25,28)(H,26,27). The van der Waals surface area contributed by atoms with Gasteiger partial charge in [-0.3, -0.25) is 9.59 Å². The zero-order chi connectivity index (χ0) is 21.3. The zero-order valence-corrected chi connectivity index (χ0v) is 17.9. The van der Waals surface area contributed by atoms with Crippen molar-refractivity contribution in [3.63, 3.8) is 0 Å². The summed E-state index contributed by atoms with van der Waals surface area (Å²) in [6, 6.07) is 21.7. The van der Waals surface area contributed by atoms with Crippen molar-refractivity contribution in [3.05, 3.63) is 88.9 Å². The minimum Gasteiger partial charge on any atom is -0.497 e. The quantitative estimate of drug-likeness (QED) is 0.483. The van der Waals surface area contributed by atoms with Gasteiger partial charge in [0.25, 0.3) is 5.91 Å². The highest BCUT2D eigenvalue weighted by molar-refractivity contribution is 8.00. The van der Waals surface area contributed by atoms with E-state index in [4.69, 9.17) is 16.3 Å². The van der Waals surface area contributed by atoms with Crippen LogP contribution in [0.5, 0.6) is 5.75 Å². The lowest BCUT2D eigenvalue weighted by Crippen LogP contribution is -2.23. The Hall–Kier alpha value is -2.96. The molecular formula is C23H21ClN2O3S. The summed E-state index contributed by atoms with van der Waals surface area (Å²) in [6.45, 7) is 0.394. The van der Waals surface area contributed by atoms with Gasteiger partial charge in [0.05, 0.1) is 18.4 Å². The Kier molecular flexibility index (Phi) is 7.76. The summed E-state index contributed by atoms with van der Waals surface area (Å²) in [6.07, 6.45) is 0. The van der Waals surface area contributed by atoms with Gasteiger partial charge in [0.2, 0.25) is 5.91 Å². The smallest absolute Gasteiger partial charge is 0.252 e. The second-order valence-electron chi connectivity index (χ2n) is 6.37. The Morgan fingerprint density at radius 1 is 1.00 bits per heavy atom. The van der Waals surface area contributed by atoms with Gasteiger partial charge in [-0.1, -0.05) is 41.9 Å². The van der Waals surface area contributed by atoms with Crippen molar-refractivity contribution in [1.29, 1.82) is 0 Å². The lowest BCUT2D eigenvalue weighted by atomic mass is 10.2. The molecule has 0 saturated heterocycles. The summed E-state index contributed by atoms with van der Waals surface area (Å²) < 4.78 is 5.16. The van der Waals surface area contributed by atoms with Crippen molar-refractivity contribution < 1.29 is 14.3 Å². The van der Waals surface area contributed by atoms with Crippen molar-refractivity contribution in [2.75, 3.05) is 18.2 Å². The first-order valence-electron chi connectivity index (χ1n) is 9.23. The lowest BCUT2D eigenvalue weighted by Gasteiger charge is -2.11. The third-order valence-corrected chi connectivity index (χ3v) is 5.54. The summed E-state index contributed by atoms with van der Waals surface area (Å²) in [5.41, 5.74) is 2.15. The number of carbonyl (C=O) groups excluding carboxylic acids is 2. The van der Waals surface area contributed by atoms with Gasteiger partial charge >= 0.3 is 0 Å². The number of methoxy groups -OCH3 is 1. The molecule has 0 radical (unpaired) electrons. The van der Waals surface area contributed by atoms with Gasteiger partial charge in [-0.2, -0.15) is 0 Å². The van der Waals surface area contributed by atoms with Gasteiger partial charge in [-0.25, -0.2) is 0 Å². The topological polar surface area (TPSA) is 67.4 Å². The fourth-order valence-electron chi connectivity index (χ4n) is 2.70. The van der Waals surface area contributed by atoms with Crippen LogP contribution in [-0.2, 0) is 11.3 Å². The number of amides is 2. The van der Waals surface area contributed by atoms with Crippen molar-refractivity contribution in [3.8, 4) is 5.75 Å². The molecule has 0 fully saturated rings. The van der Waals surface area contributed by atoms with Crippen LogP contribution < -0.4 is 15.4 Å². The molecule has 0 bridgehead atoms. The molecule has 3 aromatic rings. The first-order chi connectivity index (χ1) is 14.5. The predicted octanol–water partition coefficient (Wildman–Crippen LogP) is 5.01. The van der Waals surface area contributed by atoms with Crippen molar-refractivity contribution >= 4 is 40.9 Å². The van der Waals surface area contributed by atoms with E-state index >= 15 is 0 Å². The van der Waals surface area contributed by atoms with Crippen LogP contribution in [0.25, 0.3) is 0 Å². The number of benzene rings is 3. The molecule has 154 valence electrons. The fraction of sp³-hybridized carbons (Fsp3) is 0.130. The molecule has 30 heavy (non-hydrogen) atoms. The summed E-state index contributed by atoms with van der Waals surface area (Å²) in [4.78, 5) is 25.7. The molecule has 7 heteroatoms. The van der Waals surface area contributed by atoms with Crippen LogP contribution >= 0.6 is 23.4 Å². The van der Waals surface area contributed by atoms with E-state index in [9.17, 15) is 9.59 Å². The van der Waals surface area contributed by atoms with Crippen molar-refractivity contribution in [2.24, 2.45) is 0 Å². The molecule has 5 nitrogen and oxygen atoms in total. The van der Waals surface area contributed by atoms with E-state index in [0.717, 1.165) is 10.5 Å². The molecule has 3 rings (SSSR count). The molecule has 2 N–H and O–H groups in total. The molecule has 0 atom stereocenters. The van der Waals surface area contributed by atoms with Crippen LogP contribution in [0.1, 0.15) is 15.9 Å². The van der Waals surface area contributed by atoms with E-state index in [1.54, 1.807) is 43.5 Å². The Morgan fingerprint density at radius 3 is 2.53 bits per heavy atom. The number of rotatable bonds is 8. The monoisotopic (exact) mass is 440 g/mol. The van der Waals surface area contributed by atoms with E-state index < -0.39 is 0 Å². The lowest BCUT2D eigenvalue weighted by molar-refractivity contribution is -0.113. The first kappa shape index (κ1) is 21.7. The maximum absolute atomic E-state index is 12.6. The number of anilines is 1. The van der Waals surface area contributed by atoms with E-state index in [1.165, 1.54) is 11.8 Å². The number of halogens is 1. The number of hydrogen-bond acceptors (Lipinski definition) is 4. The van der Waals surface area contributed by atoms with Gasteiger partial charge in [-0.05, 0) is 42.0 Å². The minimum absolute atomic E-state index is 0.162. The molecule has 0 heterocycles. The van der Waals surface area contributed by atoms with Gasteiger partial charge in [0, 0.05) is 28.2 Å². The molecule has 0 aliphatic heterocycles. The third-order valence-electron chi connectivity index (χ3n) is 4.21. The summed E-state index contributed by atoms with van der Waals surface area (Å²) >= 11 is 7.20. The Bertz CT molecular complexity index is 1020. The molecule has 0 aliphatic rings. The SMILES string of the molecule is COc1cccc(NC(=O)CSc2ccccc2C(=O)NCc2ccc(Cl)cc2)c1. The normalized spacial score (nSPS) is 10.3.